The first kappa shape index (κ1) is 14.2. The molecule has 0 aromatic heterocycles. The lowest BCUT2D eigenvalue weighted by Gasteiger charge is -2.14. The Kier molecular flexibility index (Phi) is 5.12. The summed E-state index contributed by atoms with van der Waals surface area (Å²) < 4.78 is 13.5. The molecule has 1 amide bonds. The van der Waals surface area contributed by atoms with E-state index in [-0.39, 0.29) is 16.3 Å². The van der Waals surface area contributed by atoms with Crippen molar-refractivity contribution >= 4 is 21.8 Å². The summed E-state index contributed by atoms with van der Waals surface area (Å²) in [4.78, 5) is 11.9. The molecule has 4 heteroatoms. The molecular formula is C13H17BrFNO. The highest BCUT2D eigenvalue weighted by molar-refractivity contribution is 9.09. The maximum absolute atomic E-state index is 13.5. The summed E-state index contributed by atoms with van der Waals surface area (Å²) >= 11 is 3.46. The molecule has 0 saturated carbocycles. The van der Waals surface area contributed by atoms with E-state index in [4.69, 9.17) is 0 Å². The lowest BCUT2D eigenvalue weighted by molar-refractivity contribution is 0.0949. The van der Waals surface area contributed by atoms with Crippen LogP contribution < -0.4 is 5.32 Å². The number of halogens is 2. The van der Waals surface area contributed by atoms with Crippen molar-refractivity contribution in [2.75, 3.05) is 6.54 Å². The van der Waals surface area contributed by atoms with E-state index in [9.17, 15) is 9.18 Å². The number of hydrogen-bond acceptors (Lipinski definition) is 1. The van der Waals surface area contributed by atoms with Crippen molar-refractivity contribution in [2.45, 2.75) is 25.6 Å². The number of carbonyl (C=O) groups excluding carboxylic acids is 1. The van der Waals surface area contributed by atoms with Gasteiger partial charge in [0.2, 0.25) is 0 Å². The molecule has 1 rings (SSSR count). The summed E-state index contributed by atoms with van der Waals surface area (Å²) in [5.74, 6) is -0.427. The number of aryl methyl sites for hydroxylation is 1. The molecule has 17 heavy (non-hydrogen) atoms. The Morgan fingerprint density at radius 3 is 2.65 bits per heavy atom. The Balaban J connectivity index is 2.64. The van der Waals surface area contributed by atoms with E-state index in [1.165, 1.54) is 12.1 Å². The minimum atomic E-state index is -0.474. The normalized spacial score (nSPS) is 12.6. The van der Waals surface area contributed by atoms with Gasteiger partial charge in [-0.05, 0) is 30.5 Å². The van der Waals surface area contributed by atoms with Crippen LogP contribution in [-0.4, -0.2) is 17.3 Å². The lowest BCUT2D eigenvalue weighted by atomic mass is 10.1. The Bertz CT molecular complexity index is 406. The van der Waals surface area contributed by atoms with Crippen molar-refractivity contribution in [2.24, 2.45) is 5.92 Å². The van der Waals surface area contributed by atoms with Gasteiger partial charge in [-0.1, -0.05) is 35.8 Å². The predicted octanol–water partition coefficient (Wildman–Crippen LogP) is 3.28. The monoisotopic (exact) mass is 301 g/mol. The van der Waals surface area contributed by atoms with E-state index in [2.05, 4.69) is 35.1 Å². The molecule has 1 unspecified atom stereocenters. The zero-order valence-corrected chi connectivity index (χ0v) is 11.8. The number of alkyl halides is 1. The molecule has 0 aliphatic heterocycles. The fourth-order valence-corrected chi connectivity index (χ4v) is 1.49. The van der Waals surface area contributed by atoms with Gasteiger partial charge in [0.1, 0.15) is 5.82 Å². The molecule has 0 bridgehead atoms. The van der Waals surface area contributed by atoms with Crippen molar-refractivity contribution in [1.29, 1.82) is 0 Å². The average Bonchev–Trinajstić information content (AvgIpc) is 2.25. The summed E-state index contributed by atoms with van der Waals surface area (Å²) in [5, 5.41) is 2.71. The molecular weight excluding hydrogens is 285 g/mol. The van der Waals surface area contributed by atoms with Gasteiger partial charge in [-0.25, -0.2) is 4.39 Å². The first-order chi connectivity index (χ1) is 7.91. The van der Waals surface area contributed by atoms with Gasteiger partial charge in [-0.3, -0.25) is 4.79 Å². The van der Waals surface area contributed by atoms with Crippen LogP contribution in [0.5, 0.6) is 0 Å². The van der Waals surface area contributed by atoms with Crippen LogP contribution in [0.25, 0.3) is 0 Å². The molecule has 1 aromatic carbocycles. The van der Waals surface area contributed by atoms with Gasteiger partial charge < -0.3 is 5.32 Å². The number of nitrogens with one attached hydrogen (secondary N) is 1. The van der Waals surface area contributed by atoms with E-state index >= 15 is 0 Å². The highest BCUT2D eigenvalue weighted by Crippen LogP contribution is 2.12. The van der Waals surface area contributed by atoms with Crippen molar-refractivity contribution in [3.05, 3.63) is 35.1 Å². The lowest BCUT2D eigenvalue weighted by Crippen LogP contribution is -2.32. The minimum absolute atomic E-state index is 0.0963. The summed E-state index contributed by atoms with van der Waals surface area (Å²) in [6.45, 7) is 6.39. The maximum Gasteiger partial charge on any atom is 0.254 e. The number of carbonyl (C=O) groups is 1. The summed E-state index contributed by atoms with van der Waals surface area (Å²) in [6, 6.07) is 4.60. The van der Waals surface area contributed by atoms with E-state index in [1.54, 1.807) is 13.0 Å². The van der Waals surface area contributed by atoms with E-state index in [1.807, 2.05) is 0 Å². The number of benzene rings is 1. The van der Waals surface area contributed by atoms with Gasteiger partial charge >= 0.3 is 0 Å². The van der Waals surface area contributed by atoms with E-state index in [0.717, 1.165) is 5.56 Å². The first-order valence-electron chi connectivity index (χ1n) is 5.60. The van der Waals surface area contributed by atoms with Crippen molar-refractivity contribution in [1.82, 2.24) is 5.32 Å². The molecule has 0 fully saturated rings. The Hall–Kier alpha value is -0.900. The molecule has 1 atom stereocenters. The van der Waals surface area contributed by atoms with E-state index in [0.29, 0.717) is 12.5 Å². The molecule has 0 radical (unpaired) electrons. The molecule has 1 N–H and O–H groups in total. The molecule has 0 saturated heterocycles. The third kappa shape index (κ3) is 4.11. The predicted molar refractivity (Wildman–Crippen MR) is 71.0 cm³/mol. The van der Waals surface area contributed by atoms with E-state index < -0.39 is 5.82 Å². The average molecular weight is 302 g/mol. The summed E-state index contributed by atoms with van der Waals surface area (Å²) in [7, 11) is 0. The molecule has 0 aliphatic carbocycles. The Labute approximate surface area is 110 Å². The highest BCUT2D eigenvalue weighted by Gasteiger charge is 2.14. The quantitative estimate of drug-likeness (QED) is 0.850. The molecule has 94 valence electrons. The van der Waals surface area contributed by atoms with Crippen LogP contribution in [-0.2, 0) is 0 Å². The number of amides is 1. The van der Waals surface area contributed by atoms with Crippen LogP contribution >= 0.6 is 15.9 Å². The number of rotatable bonds is 4. The fourth-order valence-electron chi connectivity index (χ4n) is 1.33. The fraction of sp³-hybridized carbons (Fsp3) is 0.462. The van der Waals surface area contributed by atoms with Gasteiger partial charge in [0, 0.05) is 11.4 Å². The van der Waals surface area contributed by atoms with Crippen LogP contribution in [0.2, 0.25) is 0 Å². The standard InChI is InChI=1S/C13H17BrFNO/c1-8(2)11(14)7-16-13(17)10-5-4-9(3)6-12(10)15/h4-6,8,11H,7H2,1-3H3,(H,16,17). The molecule has 1 aromatic rings. The van der Waals surface area contributed by atoms with Crippen molar-refractivity contribution in [3.63, 3.8) is 0 Å². The smallest absolute Gasteiger partial charge is 0.254 e. The largest absolute Gasteiger partial charge is 0.351 e. The highest BCUT2D eigenvalue weighted by atomic mass is 79.9. The Morgan fingerprint density at radius 2 is 2.12 bits per heavy atom. The first-order valence-corrected chi connectivity index (χ1v) is 6.51. The van der Waals surface area contributed by atoms with Crippen LogP contribution in [0.15, 0.2) is 18.2 Å². The zero-order valence-electron chi connectivity index (χ0n) is 10.3. The second-order valence-corrected chi connectivity index (χ2v) is 5.63. The second-order valence-electron chi connectivity index (χ2n) is 4.45. The SMILES string of the molecule is Cc1ccc(C(=O)NCC(Br)C(C)C)c(F)c1. The Morgan fingerprint density at radius 1 is 1.47 bits per heavy atom. The van der Waals surface area contributed by atoms with Crippen molar-refractivity contribution in [3.8, 4) is 0 Å². The summed E-state index contributed by atoms with van der Waals surface area (Å²) in [6.07, 6.45) is 0. The van der Waals surface area contributed by atoms with Gasteiger partial charge in [0.05, 0.1) is 5.56 Å². The maximum atomic E-state index is 13.5. The topological polar surface area (TPSA) is 29.1 Å². The second kappa shape index (κ2) is 6.15. The molecule has 0 heterocycles. The van der Waals surface area contributed by atoms with Crippen LogP contribution in [0, 0.1) is 18.7 Å². The van der Waals surface area contributed by atoms with Crippen LogP contribution in [0.4, 0.5) is 4.39 Å². The van der Waals surface area contributed by atoms with Crippen molar-refractivity contribution < 1.29 is 9.18 Å². The molecule has 0 spiro atoms. The third-order valence-corrected chi connectivity index (χ3v) is 3.93. The molecule has 0 aliphatic rings. The zero-order chi connectivity index (χ0) is 13.0. The van der Waals surface area contributed by atoms with Crippen LogP contribution in [0.3, 0.4) is 0 Å². The van der Waals surface area contributed by atoms with Gasteiger partial charge in [-0.15, -0.1) is 0 Å². The third-order valence-electron chi connectivity index (χ3n) is 2.55. The van der Waals surface area contributed by atoms with Gasteiger partial charge in [0.25, 0.3) is 5.91 Å². The van der Waals surface area contributed by atoms with Crippen LogP contribution in [0.1, 0.15) is 29.8 Å². The molecule has 2 nitrogen and oxygen atoms in total. The van der Waals surface area contributed by atoms with Gasteiger partial charge in [-0.2, -0.15) is 0 Å². The minimum Gasteiger partial charge on any atom is -0.351 e. The summed E-state index contributed by atoms with van der Waals surface area (Å²) in [5.41, 5.74) is 0.902. The number of hydrogen-bond donors (Lipinski definition) is 1. The van der Waals surface area contributed by atoms with Gasteiger partial charge in [0.15, 0.2) is 0 Å².